The van der Waals surface area contributed by atoms with Gasteiger partial charge in [-0.15, -0.1) is 5.10 Å². The van der Waals surface area contributed by atoms with Crippen LogP contribution in [0.1, 0.15) is 39.0 Å². The van der Waals surface area contributed by atoms with Crippen LogP contribution in [-0.4, -0.2) is 14.8 Å². The lowest BCUT2D eigenvalue weighted by atomic mass is 10.1. The molecule has 0 fully saturated rings. The first-order valence-corrected chi connectivity index (χ1v) is 6.58. The van der Waals surface area contributed by atoms with E-state index in [1.807, 2.05) is 4.68 Å². The van der Waals surface area contributed by atoms with Crippen LogP contribution in [0.4, 0.5) is 0 Å². The molecular weight excluding hydrogens is 310 g/mol. The molecule has 1 rings (SSSR count). The van der Waals surface area contributed by atoms with Crippen molar-refractivity contribution >= 4 is 31.9 Å². The molecule has 14 heavy (non-hydrogen) atoms. The molecule has 3 nitrogen and oxygen atoms in total. The number of hydrogen-bond acceptors (Lipinski definition) is 2. The molecule has 1 aromatic rings. The summed E-state index contributed by atoms with van der Waals surface area (Å²) in [5.74, 6) is 0. The fourth-order valence-corrected chi connectivity index (χ4v) is 2.33. The molecule has 0 saturated carbocycles. The lowest BCUT2D eigenvalue weighted by Crippen LogP contribution is -2.00. The summed E-state index contributed by atoms with van der Waals surface area (Å²) in [5.41, 5.74) is 0. The van der Waals surface area contributed by atoms with Crippen molar-refractivity contribution in [1.29, 1.82) is 0 Å². The van der Waals surface area contributed by atoms with Gasteiger partial charge < -0.3 is 0 Å². The van der Waals surface area contributed by atoms with Gasteiger partial charge in [-0.3, -0.25) is 0 Å². The second-order valence-electron chi connectivity index (χ2n) is 3.29. The van der Waals surface area contributed by atoms with Crippen LogP contribution in [0.5, 0.6) is 0 Å². The molecule has 0 aliphatic heterocycles. The molecule has 0 atom stereocenters. The van der Waals surface area contributed by atoms with Crippen molar-refractivity contribution < 1.29 is 0 Å². The zero-order chi connectivity index (χ0) is 10.4. The van der Waals surface area contributed by atoms with E-state index in [0.717, 1.165) is 11.3 Å². The van der Waals surface area contributed by atoms with Crippen molar-refractivity contribution in [3.63, 3.8) is 0 Å². The molecule has 0 amide bonds. The molecule has 1 heterocycles. The third-order valence-electron chi connectivity index (χ3n) is 2.07. The normalized spacial score (nSPS) is 10.8. The topological polar surface area (TPSA) is 30.7 Å². The van der Waals surface area contributed by atoms with Crippen LogP contribution in [0.25, 0.3) is 0 Å². The predicted molar refractivity (Wildman–Crippen MR) is 64.2 cm³/mol. The summed E-state index contributed by atoms with van der Waals surface area (Å²) in [5, 5.41) is 4.20. The minimum absolute atomic E-state index is 0.651. The molecule has 0 spiro atoms. The molecule has 5 heteroatoms. The van der Waals surface area contributed by atoms with E-state index in [1.165, 1.54) is 32.1 Å². The maximum Gasteiger partial charge on any atom is 0.218 e. The smallest absolute Gasteiger partial charge is 0.218 e. The highest BCUT2D eigenvalue weighted by Crippen LogP contribution is 2.12. The van der Waals surface area contributed by atoms with Crippen molar-refractivity contribution in [2.24, 2.45) is 0 Å². The van der Waals surface area contributed by atoms with Crippen LogP contribution in [0.2, 0.25) is 0 Å². The molecule has 1 aromatic heterocycles. The van der Waals surface area contributed by atoms with Gasteiger partial charge in [0.05, 0.1) is 0 Å². The lowest BCUT2D eigenvalue weighted by molar-refractivity contribution is 0.523. The third kappa shape index (κ3) is 4.09. The van der Waals surface area contributed by atoms with Gasteiger partial charge in [-0.25, -0.2) is 4.68 Å². The average Bonchev–Trinajstić information content (AvgIpc) is 2.45. The highest BCUT2D eigenvalue weighted by Gasteiger charge is 2.03. The number of aryl methyl sites for hydroxylation is 1. The first kappa shape index (κ1) is 12.2. The summed E-state index contributed by atoms with van der Waals surface area (Å²) < 4.78 is 3.34. The molecule has 0 aromatic carbocycles. The van der Waals surface area contributed by atoms with E-state index >= 15 is 0 Å². The maximum absolute atomic E-state index is 4.20. The fraction of sp³-hybridized carbons (Fsp3) is 0.778. The summed E-state index contributed by atoms with van der Waals surface area (Å²) in [7, 11) is 0. The van der Waals surface area contributed by atoms with Gasteiger partial charge in [0.15, 0.2) is 4.73 Å². The number of aromatic nitrogens is 3. The Labute approximate surface area is 102 Å². The number of nitrogens with zero attached hydrogens (tertiary/aromatic N) is 3. The largest absolute Gasteiger partial charge is 0.239 e. The molecule has 0 bridgehead atoms. The monoisotopic (exact) mass is 323 g/mol. The van der Waals surface area contributed by atoms with Crippen LogP contribution in [0.3, 0.4) is 0 Å². The van der Waals surface area contributed by atoms with E-state index in [0.29, 0.717) is 4.73 Å². The first-order chi connectivity index (χ1) is 6.74. The zero-order valence-corrected chi connectivity index (χ0v) is 11.5. The Kier molecular flexibility index (Phi) is 5.70. The quantitative estimate of drug-likeness (QED) is 0.746. The van der Waals surface area contributed by atoms with Crippen LogP contribution >= 0.6 is 31.9 Å². The highest BCUT2D eigenvalue weighted by molar-refractivity contribution is 9.11. The van der Waals surface area contributed by atoms with Crippen molar-refractivity contribution in [2.75, 3.05) is 0 Å². The second-order valence-corrected chi connectivity index (χ2v) is 4.71. The minimum Gasteiger partial charge on any atom is -0.239 e. The van der Waals surface area contributed by atoms with E-state index in [2.05, 4.69) is 48.9 Å². The fourth-order valence-electron chi connectivity index (χ4n) is 1.30. The third-order valence-corrected chi connectivity index (χ3v) is 3.00. The average molecular weight is 325 g/mol. The Morgan fingerprint density at radius 2 is 1.86 bits per heavy atom. The summed E-state index contributed by atoms with van der Waals surface area (Å²) in [6, 6.07) is 0. The van der Waals surface area contributed by atoms with Crippen LogP contribution in [0, 0.1) is 0 Å². The molecule has 0 unspecified atom stereocenters. The van der Waals surface area contributed by atoms with E-state index in [4.69, 9.17) is 0 Å². The Morgan fingerprint density at radius 1 is 1.14 bits per heavy atom. The number of rotatable bonds is 6. The van der Waals surface area contributed by atoms with Gasteiger partial charge in [-0.1, -0.05) is 32.6 Å². The lowest BCUT2D eigenvalue weighted by Gasteiger charge is -2.01. The van der Waals surface area contributed by atoms with E-state index < -0.39 is 0 Å². The molecular formula is C9H15Br2N3. The van der Waals surface area contributed by atoms with E-state index in [1.54, 1.807) is 0 Å². The maximum atomic E-state index is 4.20. The van der Waals surface area contributed by atoms with Crippen LogP contribution < -0.4 is 0 Å². The second kappa shape index (κ2) is 6.56. The van der Waals surface area contributed by atoms with E-state index in [-0.39, 0.29) is 0 Å². The molecule has 0 aliphatic rings. The number of hydrogen-bond donors (Lipinski definition) is 0. The Balaban J connectivity index is 2.21. The van der Waals surface area contributed by atoms with Gasteiger partial charge >= 0.3 is 0 Å². The summed E-state index contributed by atoms with van der Waals surface area (Å²) >= 11 is 6.60. The predicted octanol–water partition coefficient (Wildman–Crippen LogP) is 3.77. The van der Waals surface area contributed by atoms with Gasteiger partial charge in [-0.2, -0.15) is 4.98 Å². The van der Waals surface area contributed by atoms with E-state index in [9.17, 15) is 0 Å². The Hall–Kier alpha value is 0.1000. The molecule has 0 N–H and O–H groups in total. The SMILES string of the molecule is CCCCCCCn1nc(Br)nc1Br. The van der Waals surface area contributed by atoms with Gasteiger partial charge in [-0.05, 0) is 38.3 Å². The van der Waals surface area contributed by atoms with Gasteiger partial charge in [0, 0.05) is 6.54 Å². The molecule has 0 aliphatic carbocycles. The number of halogens is 2. The van der Waals surface area contributed by atoms with Gasteiger partial charge in [0.1, 0.15) is 0 Å². The zero-order valence-electron chi connectivity index (χ0n) is 8.34. The van der Waals surface area contributed by atoms with Crippen molar-refractivity contribution in [1.82, 2.24) is 14.8 Å². The van der Waals surface area contributed by atoms with Crippen molar-refractivity contribution in [2.45, 2.75) is 45.6 Å². The van der Waals surface area contributed by atoms with Crippen molar-refractivity contribution in [3.05, 3.63) is 9.47 Å². The first-order valence-electron chi connectivity index (χ1n) is 5.00. The summed E-state index contributed by atoms with van der Waals surface area (Å²) in [6.07, 6.45) is 6.40. The minimum atomic E-state index is 0.651. The molecule has 0 radical (unpaired) electrons. The summed E-state index contributed by atoms with van der Waals surface area (Å²) in [6.45, 7) is 3.17. The molecule has 0 saturated heterocycles. The number of unbranched alkanes of at least 4 members (excludes halogenated alkanes) is 4. The Bertz CT molecular complexity index is 273. The Morgan fingerprint density at radius 3 is 2.43 bits per heavy atom. The van der Waals surface area contributed by atoms with Gasteiger partial charge in [0.25, 0.3) is 0 Å². The molecule has 80 valence electrons. The van der Waals surface area contributed by atoms with Gasteiger partial charge in [0.2, 0.25) is 4.73 Å². The standard InChI is InChI=1S/C9H15Br2N3/c1-2-3-4-5-6-7-14-9(11)12-8(10)13-14/h2-7H2,1H3. The van der Waals surface area contributed by atoms with Crippen LogP contribution in [0.15, 0.2) is 9.47 Å². The summed E-state index contributed by atoms with van der Waals surface area (Å²) in [4.78, 5) is 4.11. The van der Waals surface area contributed by atoms with Crippen LogP contribution in [-0.2, 0) is 6.54 Å². The van der Waals surface area contributed by atoms with Crippen molar-refractivity contribution in [3.8, 4) is 0 Å². The highest BCUT2D eigenvalue weighted by atomic mass is 79.9.